The maximum absolute atomic E-state index is 14.1. The van der Waals surface area contributed by atoms with Crippen molar-refractivity contribution in [2.75, 3.05) is 26.7 Å². The van der Waals surface area contributed by atoms with Crippen molar-refractivity contribution in [3.63, 3.8) is 0 Å². The third-order valence-electron chi connectivity index (χ3n) is 13.0. The van der Waals surface area contributed by atoms with Crippen molar-refractivity contribution < 1.29 is 38.4 Å². The van der Waals surface area contributed by atoms with Crippen LogP contribution in [0.15, 0.2) is 90.1 Å². The average molecular weight is 961 g/mol. The molecule has 1 saturated heterocycles. The number of aryl methyl sites for hydroxylation is 1. The van der Waals surface area contributed by atoms with Crippen LogP contribution >= 0.6 is 0 Å². The molecule has 6 rings (SSSR count). The highest BCUT2D eigenvalue weighted by Gasteiger charge is 2.57. The van der Waals surface area contributed by atoms with Gasteiger partial charge in [0.05, 0.1) is 18.6 Å². The van der Waals surface area contributed by atoms with E-state index >= 15 is 0 Å². The number of Topliss-reactive ketones (excluding diaryl/α,β-unsaturated/α-hetero) is 1. The molecule has 0 spiro atoms. The van der Waals surface area contributed by atoms with Crippen LogP contribution < -0.4 is 49.1 Å². The number of urea groups is 1. The quantitative estimate of drug-likeness (QED) is 0.0121. The van der Waals surface area contributed by atoms with Gasteiger partial charge in [0.2, 0.25) is 23.6 Å². The fourth-order valence-electron chi connectivity index (χ4n) is 9.28. The van der Waals surface area contributed by atoms with E-state index in [1.54, 1.807) is 19.2 Å². The highest BCUT2D eigenvalue weighted by molar-refractivity contribution is 6.11. The van der Waals surface area contributed by atoms with Gasteiger partial charge in [-0.1, -0.05) is 72.8 Å². The summed E-state index contributed by atoms with van der Waals surface area (Å²) < 4.78 is 0. The second kappa shape index (κ2) is 24.7. The summed E-state index contributed by atoms with van der Waals surface area (Å²) in [7, 11) is 1.64. The molecule has 70 heavy (non-hydrogen) atoms. The number of rotatable bonds is 28. The Morgan fingerprint density at radius 2 is 1.47 bits per heavy atom. The van der Waals surface area contributed by atoms with E-state index in [9.17, 15) is 38.4 Å². The van der Waals surface area contributed by atoms with Crippen LogP contribution in [0, 0.1) is 0 Å². The third kappa shape index (κ3) is 13.2. The molecular formula is C50H64N12O8. The summed E-state index contributed by atoms with van der Waals surface area (Å²) in [6.45, 7) is 0.321. The Balaban J connectivity index is 1.08. The Bertz CT molecular complexity index is 2520. The molecule has 4 aromatic rings. The summed E-state index contributed by atoms with van der Waals surface area (Å²) in [4.78, 5) is 115. The standard InChI is InChI=1S/C50H64N12O8/c1-54-38(19-11-23-57-48(52)53)44(66)60-39(21-20-34-30-58-36-17-8-7-16-35(34)36)45(67)59-37(43(51)65)18-9-10-22-55-40(26-31-12-3-2-4-13-31)42(64)27-41-46(68)62(49(70)61-41)50(47(69)56-24-25-63)28-32-14-5-6-15-33(32)29-50/h2-8,12-17,25,30,37-41,54-55,58H,9-11,18-24,26-29H2,1H3,(H2,51,65)(H,56,69)(H,59,67)(H,60,66)(H,61,70)(H4,52,53,57)/t37-,38-,39-,40-,41-/m0/s1. The van der Waals surface area contributed by atoms with Crippen molar-refractivity contribution >= 4 is 64.5 Å². The van der Waals surface area contributed by atoms with Gasteiger partial charge in [0, 0.05) is 42.9 Å². The number of H-pyrrole nitrogens is 1. The number of hydrogen-bond acceptors (Lipinski definition) is 11. The number of para-hydroxylation sites is 1. The maximum atomic E-state index is 14.1. The number of aldehydes is 1. The largest absolute Gasteiger partial charge is 0.370 e. The second-order valence-electron chi connectivity index (χ2n) is 17.8. The molecule has 13 N–H and O–H groups in total. The monoisotopic (exact) mass is 960 g/mol. The normalized spacial score (nSPS) is 16.6. The van der Waals surface area contributed by atoms with E-state index in [-0.39, 0.29) is 56.8 Å². The molecule has 0 saturated carbocycles. The Hall–Kier alpha value is -7.45. The van der Waals surface area contributed by atoms with Gasteiger partial charge in [-0.25, -0.2) is 9.69 Å². The van der Waals surface area contributed by atoms with Crippen LogP contribution in [0.3, 0.4) is 0 Å². The van der Waals surface area contributed by atoms with Crippen molar-refractivity contribution in [2.24, 2.45) is 22.2 Å². The van der Waals surface area contributed by atoms with Crippen molar-refractivity contribution in [2.45, 2.75) is 106 Å². The van der Waals surface area contributed by atoms with Crippen LogP contribution in [0.4, 0.5) is 4.79 Å². The number of nitrogens with two attached hydrogens (primary N) is 3. The summed E-state index contributed by atoms with van der Waals surface area (Å²) in [6.07, 6.45) is 4.96. The molecule has 372 valence electrons. The predicted octanol–water partition coefficient (Wildman–Crippen LogP) is 0.301. The lowest BCUT2D eigenvalue weighted by atomic mass is 9.91. The zero-order valence-corrected chi connectivity index (χ0v) is 39.3. The lowest BCUT2D eigenvalue weighted by molar-refractivity contribution is -0.142. The first-order chi connectivity index (χ1) is 33.7. The SMILES string of the molecule is CN[C@@H](CCCN=C(N)N)C(=O)N[C@@H](CCc1c[nH]c2ccccc12)C(=O)N[C@@H](CCCCN[C@@H](Cc1ccccc1)C(=O)C[C@@H]1NC(=O)N(C2(C(=O)NCC=O)Cc3ccccc3C2)C1=O)C(N)=O. The Kier molecular flexibility index (Phi) is 18.3. The van der Waals surface area contributed by atoms with Crippen molar-refractivity contribution in [1.29, 1.82) is 0 Å². The topological polar surface area (TPSA) is 318 Å². The van der Waals surface area contributed by atoms with E-state index in [1.165, 1.54) is 0 Å². The van der Waals surface area contributed by atoms with E-state index < -0.39 is 71.3 Å². The lowest BCUT2D eigenvalue weighted by Gasteiger charge is -2.34. The van der Waals surface area contributed by atoms with Gasteiger partial charge in [-0.15, -0.1) is 0 Å². The summed E-state index contributed by atoms with van der Waals surface area (Å²) in [5.41, 5.74) is 19.4. The molecule has 2 heterocycles. The predicted molar refractivity (Wildman–Crippen MR) is 263 cm³/mol. The molecule has 5 atom stereocenters. The highest BCUT2D eigenvalue weighted by Crippen LogP contribution is 2.37. The van der Waals surface area contributed by atoms with Crippen LogP contribution in [0.2, 0.25) is 0 Å². The van der Waals surface area contributed by atoms with Crippen LogP contribution in [-0.4, -0.2) is 126 Å². The minimum absolute atomic E-state index is 0.0515. The summed E-state index contributed by atoms with van der Waals surface area (Å²) in [6, 6.07) is 18.7. The number of hydrogen-bond donors (Lipinski definition) is 10. The van der Waals surface area contributed by atoms with E-state index in [0.29, 0.717) is 51.5 Å². The zero-order valence-electron chi connectivity index (χ0n) is 39.3. The van der Waals surface area contributed by atoms with Gasteiger partial charge in [-0.05, 0) is 93.3 Å². The van der Waals surface area contributed by atoms with Gasteiger partial charge in [0.1, 0.15) is 30.0 Å². The molecule has 0 unspecified atom stereocenters. The average Bonchev–Trinajstić information content (AvgIpc) is 4.03. The van der Waals surface area contributed by atoms with Crippen molar-refractivity contribution in [3.8, 4) is 0 Å². The fourth-order valence-corrected chi connectivity index (χ4v) is 9.28. The maximum Gasteiger partial charge on any atom is 0.325 e. The first-order valence-corrected chi connectivity index (χ1v) is 23.7. The van der Waals surface area contributed by atoms with Crippen molar-refractivity contribution in [1.82, 2.24) is 41.8 Å². The Labute approximate surface area is 406 Å². The second-order valence-corrected chi connectivity index (χ2v) is 17.8. The number of nitrogens with zero attached hydrogens (tertiary/aromatic N) is 2. The number of benzene rings is 3. The van der Waals surface area contributed by atoms with E-state index in [4.69, 9.17) is 17.2 Å². The first kappa shape index (κ1) is 51.9. The van der Waals surface area contributed by atoms with E-state index in [0.717, 1.165) is 38.1 Å². The van der Waals surface area contributed by atoms with Crippen LogP contribution in [0.5, 0.6) is 0 Å². The van der Waals surface area contributed by atoms with Crippen LogP contribution in [0.1, 0.15) is 67.2 Å². The number of fused-ring (bicyclic) bond motifs is 2. The van der Waals surface area contributed by atoms with Gasteiger partial charge >= 0.3 is 6.03 Å². The molecule has 20 heteroatoms. The molecule has 1 aromatic heterocycles. The number of nitrogens with one attached hydrogen (secondary N) is 7. The number of aromatic nitrogens is 1. The smallest absolute Gasteiger partial charge is 0.325 e. The molecule has 2 aliphatic rings. The number of carbonyl (C=O) groups is 8. The molecule has 3 aromatic carbocycles. The van der Waals surface area contributed by atoms with Crippen LogP contribution in [0.25, 0.3) is 10.9 Å². The number of amides is 7. The summed E-state index contributed by atoms with van der Waals surface area (Å²) in [5, 5.41) is 18.1. The minimum Gasteiger partial charge on any atom is -0.370 e. The molecule has 0 radical (unpaired) electrons. The van der Waals surface area contributed by atoms with E-state index in [2.05, 4.69) is 41.9 Å². The number of likely N-dealkylation sites (N-methyl/N-ethyl adjacent to an activating group) is 1. The molecule has 7 amide bonds. The number of imide groups is 1. The third-order valence-corrected chi connectivity index (χ3v) is 13.0. The number of ketones is 1. The summed E-state index contributed by atoms with van der Waals surface area (Å²) in [5.74, 6) is -3.50. The molecule has 0 bridgehead atoms. The van der Waals surface area contributed by atoms with Gasteiger partial charge in [-0.2, -0.15) is 0 Å². The summed E-state index contributed by atoms with van der Waals surface area (Å²) >= 11 is 0. The molecule has 1 fully saturated rings. The van der Waals surface area contributed by atoms with Gasteiger partial charge in [-0.3, -0.25) is 33.8 Å². The number of primary amides is 1. The van der Waals surface area contributed by atoms with Crippen LogP contribution in [-0.2, 0) is 59.2 Å². The fraction of sp³-hybridized carbons (Fsp3) is 0.420. The highest BCUT2D eigenvalue weighted by atomic mass is 16.2. The number of carbonyl (C=O) groups excluding carboxylic acids is 8. The molecular weight excluding hydrogens is 897 g/mol. The molecule has 1 aliphatic heterocycles. The molecule has 20 nitrogen and oxygen atoms in total. The van der Waals surface area contributed by atoms with Gasteiger partial charge in [0.15, 0.2) is 11.7 Å². The number of unbranched alkanes of at least 4 members (excludes halogenated alkanes) is 1. The zero-order chi connectivity index (χ0) is 50.2. The Morgan fingerprint density at radius 3 is 2.16 bits per heavy atom. The van der Waals surface area contributed by atoms with Gasteiger partial charge < -0.3 is 58.9 Å². The Morgan fingerprint density at radius 1 is 0.814 bits per heavy atom. The number of aliphatic imine (C=N–C) groups is 1. The van der Waals surface area contributed by atoms with Gasteiger partial charge in [0.25, 0.3) is 5.91 Å². The van der Waals surface area contributed by atoms with E-state index in [1.807, 2.05) is 72.9 Å². The minimum atomic E-state index is -1.63. The number of aromatic amines is 1. The lowest BCUT2D eigenvalue weighted by Crippen LogP contribution is -2.62. The van der Waals surface area contributed by atoms with Crippen molar-refractivity contribution in [3.05, 3.63) is 107 Å². The molecule has 1 aliphatic carbocycles. The number of guanidine groups is 1. The first-order valence-electron chi connectivity index (χ1n) is 23.7.